The molecule has 0 saturated carbocycles. The lowest BCUT2D eigenvalue weighted by Gasteiger charge is -2.15. The van der Waals surface area contributed by atoms with E-state index in [1.54, 1.807) is 12.1 Å². The fourth-order valence-electron chi connectivity index (χ4n) is 4.88. The van der Waals surface area contributed by atoms with E-state index in [0.29, 0.717) is 11.1 Å². The number of benzene rings is 5. The number of nitriles is 2. The van der Waals surface area contributed by atoms with E-state index in [-0.39, 0.29) is 0 Å². The Bertz CT molecular complexity index is 1760. The Kier molecular flexibility index (Phi) is 4.88. The topological polar surface area (TPSA) is 52.5 Å². The molecule has 0 N–H and O–H groups in total. The summed E-state index contributed by atoms with van der Waals surface area (Å²) in [6, 6.07) is 43.4. The Morgan fingerprint density at radius 3 is 1.77 bits per heavy atom. The third kappa shape index (κ3) is 3.35. The summed E-state index contributed by atoms with van der Waals surface area (Å²) in [6.45, 7) is 0. The second-order valence-electron chi connectivity index (χ2n) is 8.45. The summed E-state index contributed by atoms with van der Waals surface area (Å²) in [6.07, 6.45) is 0. The van der Waals surface area contributed by atoms with Crippen molar-refractivity contribution >= 4 is 21.8 Å². The summed E-state index contributed by atoms with van der Waals surface area (Å²) >= 11 is 0. The highest BCUT2D eigenvalue weighted by Crippen LogP contribution is 2.37. The Morgan fingerprint density at radius 1 is 0.486 bits per heavy atom. The van der Waals surface area contributed by atoms with Crippen LogP contribution in [0, 0.1) is 22.7 Å². The van der Waals surface area contributed by atoms with Gasteiger partial charge in [0.2, 0.25) is 0 Å². The lowest BCUT2D eigenvalue weighted by molar-refractivity contribution is 1.18. The first-order chi connectivity index (χ1) is 17.3. The van der Waals surface area contributed by atoms with Crippen LogP contribution in [0.15, 0.2) is 115 Å². The normalized spacial score (nSPS) is 10.8. The second-order valence-corrected chi connectivity index (χ2v) is 8.45. The van der Waals surface area contributed by atoms with Crippen molar-refractivity contribution < 1.29 is 0 Å². The Balaban J connectivity index is 1.64. The number of hydrogen-bond donors (Lipinski definition) is 0. The van der Waals surface area contributed by atoms with E-state index in [1.807, 2.05) is 24.3 Å². The van der Waals surface area contributed by atoms with Gasteiger partial charge in [-0.15, -0.1) is 0 Å². The average molecular weight is 446 g/mol. The van der Waals surface area contributed by atoms with E-state index in [9.17, 15) is 10.5 Å². The zero-order valence-electron chi connectivity index (χ0n) is 18.8. The number of hydrogen-bond acceptors (Lipinski definition) is 2. The van der Waals surface area contributed by atoms with Crippen molar-refractivity contribution in [3.05, 3.63) is 126 Å². The molecule has 35 heavy (non-hydrogen) atoms. The van der Waals surface area contributed by atoms with Gasteiger partial charge in [0.05, 0.1) is 22.2 Å². The van der Waals surface area contributed by atoms with E-state index < -0.39 is 0 Å². The van der Waals surface area contributed by atoms with Gasteiger partial charge in [-0.25, -0.2) is 0 Å². The monoisotopic (exact) mass is 445 g/mol. The molecule has 0 aliphatic heterocycles. The fourth-order valence-corrected chi connectivity index (χ4v) is 4.88. The Hall–Kier alpha value is -5.12. The number of para-hydroxylation sites is 2. The summed E-state index contributed by atoms with van der Waals surface area (Å²) in [4.78, 5) is 0. The minimum Gasteiger partial charge on any atom is -0.309 e. The van der Waals surface area contributed by atoms with Crippen molar-refractivity contribution in [3.63, 3.8) is 0 Å². The second kappa shape index (κ2) is 8.34. The SMILES string of the molecule is N#Cc1ccc(-c2ccc(-n3c4ccccc4c4ccccc43)cc2-c2ccccc2)cc1C#N. The summed E-state index contributed by atoms with van der Waals surface area (Å²) in [5, 5.41) is 21.4. The number of rotatable bonds is 3. The van der Waals surface area contributed by atoms with Crippen molar-refractivity contribution in [2.24, 2.45) is 0 Å². The van der Waals surface area contributed by atoms with E-state index >= 15 is 0 Å². The summed E-state index contributed by atoms with van der Waals surface area (Å²) in [5.74, 6) is 0. The number of fused-ring (bicyclic) bond motifs is 3. The molecule has 0 bridgehead atoms. The molecule has 1 heterocycles. The number of nitrogens with zero attached hydrogens (tertiary/aromatic N) is 3. The van der Waals surface area contributed by atoms with E-state index in [1.165, 1.54) is 10.8 Å². The maximum absolute atomic E-state index is 9.57. The smallest absolute Gasteiger partial charge is 0.101 e. The largest absolute Gasteiger partial charge is 0.309 e. The van der Waals surface area contributed by atoms with E-state index in [4.69, 9.17) is 0 Å². The predicted octanol–water partition coefficient (Wildman–Crippen LogP) is 7.86. The molecule has 0 aliphatic carbocycles. The van der Waals surface area contributed by atoms with Gasteiger partial charge in [0.15, 0.2) is 0 Å². The van der Waals surface area contributed by atoms with Gasteiger partial charge in [-0.3, -0.25) is 0 Å². The highest BCUT2D eigenvalue weighted by Gasteiger charge is 2.15. The van der Waals surface area contributed by atoms with Gasteiger partial charge < -0.3 is 4.57 Å². The molecule has 0 unspecified atom stereocenters. The Labute approximate surface area is 203 Å². The van der Waals surface area contributed by atoms with Gasteiger partial charge in [0.1, 0.15) is 12.1 Å². The molecule has 0 saturated heterocycles. The first-order valence-electron chi connectivity index (χ1n) is 11.4. The van der Waals surface area contributed by atoms with Crippen molar-refractivity contribution in [3.8, 4) is 40.1 Å². The van der Waals surface area contributed by atoms with Crippen molar-refractivity contribution in [2.45, 2.75) is 0 Å². The van der Waals surface area contributed by atoms with Crippen molar-refractivity contribution in [1.82, 2.24) is 4.57 Å². The molecule has 6 aromatic rings. The van der Waals surface area contributed by atoms with Crippen LogP contribution in [0.25, 0.3) is 49.7 Å². The van der Waals surface area contributed by atoms with E-state index in [2.05, 4.69) is 95.6 Å². The highest BCUT2D eigenvalue weighted by atomic mass is 15.0. The summed E-state index contributed by atoms with van der Waals surface area (Å²) in [5.41, 5.74) is 8.24. The third-order valence-electron chi connectivity index (χ3n) is 6.50. The van der Waals surface area contributed by atoms with Gasteiger partial charge >= 0.3 is 0 Å². The molecule has 0 aliphatic rings. The molecular formula is C32H19N3. The number of aromatic nitrogens is 1. The minimum absolute atomic E-state index is 0.385. The summed E-state index contributed by atoms with van der Waals surface area (Å²) in [7, 11) is 0. The maximum atomic E-state index is 9.57. The van der Waals surface area contributed by atoms with Crippen LogP contribution in [-0.4, -0.2) is 4.57 Å². The molecular weight excluding hydrogens is 426 g/mol. The molecule has 0 radical (unpaired) electrons. The molecule has 6 rings (SSSR count). The van der Waals surface area contributed by atoms with Gasteiger partial charge in [-0.05, 0) is 58.7 Å². The molecule has 1 aromatic heterocycles. The van der Waals surface area contributed by atoms with Crippen LogP contribution < -0.4 is 0 Å². The standard InChI is InChI=1S/C32H19N3/c33-20-24-15-14-23(18-25(24)21-34)27-17-16-26(19-30(27)22-8-2-1-3-9-22)35-31-12-6-4-10-28(31)29-11-5-7-13-32(29)35/h1-19H. The quantitative estimate of drug-likeness (QED) is 0.278. The van der Waals surface area contributed by atoms with Crippen molar-refractivity contribution in [1.29, 1.82) is 10.5 Å². The predicted molar refractivity (Wildman–Crippen MR) is 141 cm³/mol. The molecule has 0 spiro atoms. The molecule has 5 aromatic carbocycles. The van der Waals surface area contributed by atoms with Crippen LogP contribution in [0.5, 0.6) is 0 Å². The lowest BCUT2D eigenvalue weighted by Crippen LogP contribution is -1.96. The first-order valence-corrected chi connectivity index (χ1v) is 11.4. The Morgan fingerprint density at radius 2 is 1.11 bits per heavy atom. The van der Waals surface area contributed by atoms with Crippen LogP contribution in [0.3, 0.4) is 0 Å². The first kappa shape index (κ1) is 20.5. The van der Waals surface area contributed by atoms with E-state index in [0.717, 1.165) is 39.0 Å². The van der Waals surface area contributed by atoms with Crippen molar-refractivity contribution in [2.75, 3.05) is 0 Å². The fraction of sp³-hybridized carbons (Fsp3) is 0. The molecule has 0 fully saturated rings. The van der Waals surface area contributed by atoms with Crippen LogP contribution in [0.1, 0.15) is 11.1 Å². The van der Waals surface area contributed by atoms with Crippen LogP contribution in [0.4, 0.5) is 0 Å². The molecule has 3 nitrogen and oxygen atoms in total. The van der Waals surface area contributed by atoms with Crippen LogP contribution >= 0.6 is 0 Å². The third-order valence-corrected chi connectivity index (χ3v) is 6.50. The minimum atomic E-state index is 0.385. The highest BCUT2D eigenvalue weighted by molar-refractivity contribution is 6.09. The average Bonchev–Trinajstić information content (AvgIpc) is 3.27. The maximum Gasteiger partial charge on any atom is 0.101 e. The van der Waals surface area contributed by atoms with Gasteiger partial charge in [0.25, 0.3) is 0 Å². The lowest BCUT2D eigenvalue weighted by atomic mass is 9.92. The van der Waals surface area contributed by atoms with Gasteiger partial charge in [-0.1, -0.05) is 78.9 Å². The molecule has 0 amide bonds. The van der Waals surface area contributed by atoms with Crippen LogP contribution in [-0.2, 0) is 0 Å². The molecule has 0 atom stereocenters. The van der Waals surface area contributed by atoms with Gasteiger partial charge in [-0.2, -0.15) is 10.5 Å². The zero-order valence-corrected chi connectivity index (χ0v) is 18.8. The summed E-state index contributed by atoms with van der Waals surface area (Å²) < 4.78 is 2.31. The van der Waals surface area contributed by atoms with Gasteiger partial charge in [0, 0.05) is 16.5 Å². The molecule has 3 heteroatoms. The zero-order chi connectivity index (χ0) is 23.8. The molecule has 162 valence electrons. The van der Waals surface area contributed by atoms with Crippen LogP contribution in [0.2, 0.25) is 0 Å².